The lowest BCUT2D eigenvalue weighted by molar-refractivity contribution is 0.0466. The molecule has 0 aliphatic heterocycles. The molecule has 0 fully saturated rings. The summed E-state index contributed by atoms with van der Waals surface area (Å²) in [5.41, 5.74) is 4.47. The van der Waals surface area contributed by atoms with Crippen LogP contribution in [-0.4, -0.2) is 23.0 Å². The molecule has 10 heteroatoms. The number of nitrogen functional groups attached to an aromatic ring is 1. The maximum Gasteiger partial charge on any atom is 0.358 e. The molecule has 0 amide bonds. The van der Waals surface area contributed by atoms with Gasteiger partial charge in [0.2, 0.25) is 0 Å². The van der Waals surface area contributed by atoms with E-state index in [4.69, 9.17) is 38.4 Å². The molecular weight excluding hydrogens is 427 g/mol. The van der Waals surface area contributed by atoms with E-state index in [9.17, 15) is 13.6 Å². The molecule has 3 aromatic rings. The molecule has 0 bridgehead atoms. The number of esters is 1. The molecule has 1 aromatic carbocycles. The van der Waals surface area contributed by atoms with Crippen LogP contribution in [0.3, 0.4) is 0 Å². The van der Waals surface area contributed by atoms with Crippen molar-refractivity contribution in [1.82, 2.24) is 9.97 Å². The van der Waals surface area contributed by atoms with Crippen molar-refractivity contribution in [3.63, 3.8) is 0 Å². The fraction of sp³-hybridized carbons (Fsp3) is 0.105. The highest BCUT2D eigenvalue weighted by Crippen LogP contribution is 2.38. The highest BCUT2D eigenvalue weighted by atomic mass is 35.5. The number of benzene rings is 1. The molecule has 6 nitrogen and oxygen atoms in total. The summed E-state index contributed by atoms with van der Waals surface area (Å²) in [6, 6.07) is 5.77. The smallest absolute Gasteiger partial charge is 0.358 e. The van der Waals surface area contributed by atoms with Crippen molar-refractivity contribution in [3.8, 4) is 17.0 Å². The summed E-state index contributed by atoms with van der Waals surface area (Å²) in [5.74, 6) is -3.32. The number of pyridine rings is 2. The number of aromatic nitrogens is 2. The summed E-state index contributed by atoms with van der Waals surface area (Å²) in [6.07, 6.45) is 3.05. The minimum Gasteiger partial charge on any atom is -0.492 e. The highest BCUT2D eigenvalue weighted by Gasteiger charge is 2.26. The number of carbonyl (C=O) groups excluding carboxylic acids is 1. The van der Waals surface area contributed by atoms with Crippen LogP contribution >= 0.6 is 23.2 Å². The Morgan fingerprint density at radius 2 is 1.83 bits per heavy atom. The number of carbonyl (C=O) groups is 1. The molecule has 0 spiro atoms. The Labute approximate surface area is 174 Å². The number of halogens is 4. The van der Waals surface area contributed by atoms with Gasteiger partial charge in [-0.15, -0.1) is 0 Å². The topological polar surface area (TPSA) is 87.3 Å². The van der Waals surface area contributed by atoms with Crippen LogP contribution in [0.25, 0.3) is 11.3 Å². The standard InChI is InChI=1S/C19H13Cl2F2N3O3/c1-28-18-11(20)3-2-10(13(18)22)16-14(23)15(24)12(21)17(26-16)19(27)29-8-9-4-6-25-7-5-9/h2-7H,8H2,1H3,(H2,24,26). The van der Waals surface area contributed by atoms with Gasteiger partial charge in [-0.25, -0.2) is 18.6 Å². The minimum atomic E-state index is -1.09. The second-order valence-electron chi connectivity index (χ2n) is 5.72. The van der Waals surface area contributed by atoms with Crippen molar-refractivity contribution < 1.29 is 23.0 Å². The average Bonchev–Trinajstić information content (AvgIpc) is 2.72. The largest absolute Gasteiger partial charge is 0.492 e. The number of rotatable bonds is 5. The second-order valence-corrected chi connectivity index (χ2v) is 6.51. The zero-order valence-electron chi connectivity index (χ0n) is 14.9. The Balaban J connectivity index is 2.03. The van der Waals surface area contributed by atoms with Crippen LogP contribution in [-0.2, 0) is 11.3 Å². The zero-order chi connectivity index (χ0) is 21.1. The van der Waals surface area contributed by atoms with Crippen LogP contribution in [0, 0.1) is 11.6 Å². The van der Waals surface area contributed by atoms with Gasteiger partial charge in [0.15, 0.2) is 23.1 Å². The summed E-state index contributed by atoms with van der Waals surface area (Å²) in [6.45, 7) is -0.102. The van der Waals surface area contributed by atoms with Gasteiger partial charge in [0, 0.05) is 18.0 Å². The van der Waals surface area contributed by atoms with E-state index in [0.717, 1.165) is 0 Å². The maximum absolute atomic E-state index is 14.7. The van der Waals surface area contributed by atoms with Gasteiger partial charge in [0.05, 0.1) is 22.8 Å². The van der Waals surface area contributed by atoms with Gasteiger partial charge in [-0.2, -0.15) is 0 Å². The molecule has 0 aliphatic carbocycles. The van der Waals surface area contributed by atoms with E-state index in [1.807, 2.05) is 0 Å². The van der Waals surface area contributed by atoms with Crippen molar-refractivity contribution in [2.24, 2.45) is 0 Å². The Bertz CT molecular complexity index is 1080. The molecule has 2 heterocycles. The Hall–Kier alpha value is -2.97. The lowest BCUT2D eigenvalue weighted by Crippen LogP contribution is -2.12. The number of methoxy groups -OCH3 is 1. The van der Waals surface area contributed by atoms with Crippen molar-refractivity contribution in [3.05, 3.63) is 69.6 Å². The first-order chi connectivity index (χ1) is 13.8. The number of hydrogen-bond donors (Lipinski definition) is 1. The van der Waals surface area contributed by atoms with E-state index >= 15 is 0 Å². The lowest BCUT2D eigenvalue weighted by Gasteiger charge is -2.13. The third-order valence-corrected chi connectivity index (χ3v) is 4.61. The second kappa shape index (κ2) is 8.59. The number of hydrogen-bond acceptors (Lipinski definition) is 6. The fourth-order valence-electron chi connectivity index (χ4n) is 2.47. The SMILES string of the molecule is COc1c(Cl)ccc(-c2nc(C(=O)OCc3ccncc3)c(Cl)c(N)c2F)c1F. The molecule has 150 valence electrons. The predicted molar refractivity (Wildman–Crippen MR) is 104 cm³/mol. The van der Waals surface area contributed by atoms with Gasteiger partial charge < -0.3 is 15.2 Å². The van der Waals surface area contributed by atoms with Crippen molar-refractivity contribution in [2.45, 2.75) is 6.61 Å². The molecule has 29 heavy (non-hydrogen) atoms. The van der Waals surface area contributed by atoms with Crippen molar-refractivity contribution in [1.29, 1.82) is 0 Å². The fourth-order valence-corrected chi connectivity index (χ4v) is 2.90. The third kappa shape index (κ3) is 4.08. The van der Waals surface area contributed by atoms with Gasteiger partial charge in [0.25, 0.3) is 0 Å². The number of nitrogens with zero attached hydrogens (tertiary/aromatic N) is 2. The maximum atomic E-state index is 14.7. The minimum absolute atomic E-state index is 0.0203. The first kappa shape index (κ1) is 20.8. The van der Waals surface area contributed by atoms with E-state index in [2.05, 4.69) is 9.97 Å². The first-order valence-corrected chi connectivity index (χ1v) is 8.83. The number of anilines is 1. The van der Waals surface area contributed by atoms with E-state index in [-0.39, 0.29) is 22.9 Å². The molecule has 2 aromatic heterocycles. The highest BCUT2D eigenvalue weighted by molar-refractivity contribution is 6.36. The Morgan fingerprint density at radius 3 is 2.48 bits per heavy atom. The monoisotopic (exact) mass is 439 g/mol. The predicted octanol–water partition coefficient (Wildman–Crippen LogP) is 4.68. The molecule has 0 saturated heterocycles. The van der Waals surface area contributed by atoms with Crippen molar-refractivity contribution in [2.75, 3.05) is 12.8 Å². The van der Waals surface area contributed by atoms with Gasteiger partial charge >= 0.3 is 5.97 Å². The van der Waals surface area contributed by atoms with E-state index in [1.165, 1.54) is 31.6 Å². The molecular formula is C19H13Cl2F2N3O3. The third-order valence-electron chi connectivity index (χ3n) is 3.93. The summed E-state index contributed by atoms with van der Waals surface area (Å²) in [7, 11) is 1.20. The van der Waals surface area contributed by atoms with Crippen LogP contribution < -0.4 is 10.5 Å². The molecule has 0 unspecified atom stereocenters. The summed E-state index contributed by atoms with van der Waals surface area (Å²) in [5, 5.41) is -0.458. The van der Waals surface area contributed by atoms with E-state index in [0.29, 0.717) is 5.56 Å². The van der Waals surface area contributed by atoms with Gasteiger partial charge in [0.1, 0.15) is 12.3 Å². The van der Waals surface area contributed by atoms with Gasteiger partial charge in [-0.05, 0) is 29.8 Å². The molecule has 0 radical (unpaired) electrons. The quantitative estimate of drug-likeness (QED) is 0.580. The van der Waals surface area contributed by atoms with Gasteiger partial charge in [-0.1, -0.05) is 23.2 Å². The summed E-state index contributed by atoms with van der Waals surface area (Å²) in [4.78, 5) is 20.2. The average molecular weight is 440 g/mol. The van der Waals surface area contributed by atoms with Crippen LogP contribution in [0.2, 0.25) is 10.0 Å². The number of ether oxygens (including phenoxy) is 2. The molecule has 0 atom stereocenters. The van der Waals surface area contributed by atoms with Gasteiger partial charge in [-0.3, -0.25) is 4.98 Å². The summed E-state index contributed by atoms with van der Waals surface area (Å²) >= 11 is 11.8. The van der Waals surface area contributed by atoms with Crippen LogP contribution in [0.5, 0.6) is 5.75 Å². The van der Waals surface area contributed by atoms with Crippen LogP contribution in [0.1, 0.15) is 16.1 Å². The molecule has 0 saturated carbocycles. The molecule has 0 aliphatic rings. The van der Waals surface area contributed by atoms with Crippen LogP contribution in [0.15, 0.2) is 36.7 Å². The number of nitrogens with two attached hydrogens (primary N) is 1. The first-order valence-electron chi connectivity index (χ1n) is 8.08. The summed E-state index contributed by atoms with van der Waals surface area (Å²) < 4.78 is 39.4. The zero-order valence-corrected chi connectivity index (χ0v) is 16.4. The molecule has 2 N–H and O–H groups in total. The van der Waals surface area contributed by atoms with E-state index in [1.54, 1.807) is 12.1 Å². The molecule has 3 rings (SSSR count). The normalized spacial score (nSPS) is 10.7. The van der Waals surface area contributed by atoms with E-state index < -0.39 is 39.7 Å². The Morgan fingerprint density at radius 1 is 1.14 bits per heavy atom. The van der Waals surface area contributed by atoms with Crippen molar-refractivity contribution >= 4 is 34.9 Å². The Kier molecular flexibility index (Phi) is 6.14. The lowest BCUT2D eigenvalue weighted by atomic mass is 10.1. The van der Waals surface area contributed by atoms with Crippen LogP contribution in [0.4, 0.5) is 14.5 Å².